The Bertz CT molecular complexity index is 1960. The monoisotopic (exact) mass is 578 g/mol. The summed E-state index contributed by atoms with van der Waals surface area (Å²) in [6.07, 6.45) is 11.1. The molecule has 8 rings (SSSR count). The van der Waals surface area contributed by atoms with Gasteiger partial charge >= 0.3 is 0 Å². The minimum absolute atomic E-state index is 0.0233. The highest BCUT2D eigenvalue weighted by Gasteiger charge is 2.48. The fraction of sp³-hybridized carbons (Fsp3) is 0.243. The summed E-state index contributed by atoms with van der Waals surface area (Å²) < 4.78 is 2.14. The third-order valence-electron chi connectivity index (χ3n) is 9.41. The minimum atomic E-state index is -0.0659. The van der Waals surface area contributed by atoms with Crippen LogP contribution in [0.25, 0.3) is 27.8 Å². The van der Waals surface area contributed by atoms with E-state index in [1.807, 2.05) is 48.9 Å². The van der Waals surface area contributed by atoms with Crippen molar-refractivity contribution >= 4 is 22.6 Å². The summed E-state index contributed by atoms with van der Waals surface area (Å²) in [7, 11) is 0. The molecule has 0 radical (unpaired) electrons. The van der Waals surface area contributed by atoms with Gasteiger partial charge in [0, 0.05) is 60.2 Å². The van der Waals surface area contributed by atoms with Crippen LogP contribution in [0.15, 0.2) is 110 Å². The summed E-state index contributed by atoms with van der Waals surface area (Å²) in [5.41, 5.74) is 7.42. The van der Waals surface area contributed by atoms with E-state index < -0.39 is 0 Å². The maximum absolute atomic E-state index is 13.0. The lowest BCUT2D eigenvalue weighted by Crippen LogP contribution is -2.30. The van der Waals surface area contributed by atoms with Crippen LogP contribution in [0.5, 0.6) is 0 Å². The van der Waals surface area contributed by atoms with Crippen molar-refractivity contribution in [2.24, 2.45) is 5.92 Å². The highest BCUT2D eigenvalue weighted by atomic mass is 16.1. The van der Waals surface area contributed by atoms with Crippen molar-refractivity contribution < 1.29 is 4.79 Å². The van der Waals surface area contributed by atoms with Crippen molar-refractivity contribution in [3.63, 3.8) is 0 Å². The maximum atomic E-state index is 13.0. The molecule has 0 spiro atoms. The normalized spacial score (nSPS) is 17.7. The Morgan fingerprint density at radius 1 is 0.886 bits per heavy atom. The summed E-state index contributed by atoms with van der Waals surface area (Å²) in [4.78, 5) is 29.3. The first-order valence-electron chi connectivity index (χ1n) is 15.5. The van der Waals surface area contributed by atoms with Crippen LogP contribution in [0.4, 0.5) is 0 Å². The molecule has 7 nitrogen and oxygen atoms in total. The molecule has 1 aliphatic carbocycles. The molecule has 1 atom stereocenters. The summed E-state index contributed by atoms with van der Waals surface area (Å²) in [6.45, 7) is 3.75. The number of fused-ring (bicyclic) bond motifs is 2. The number of amides is 1. The van der Waals surface area contributed by atoms with E-state index in [1.165, 1.54) is 11.1 Å². The number of benzene rings is 3. The molecule has 7 heteroatoms. The lowest BCUT2D eigenvalue weighted by atomic mass is 9.91. The average Bonchev–Trinajstić information content (AvgIpc) is 3.56. The SMILES string of the molecule is O=C(NCC1CCN(Cc2ccccc2)C1)c1ccc(-c2cnc3ncc(C4(c5ccc6ncccc6c5)CC4)n3c2)cc1. The van der Waals surface area contributed by atoms with E-state index in [0.717, 1.165) is 66.6 Å². The number of carbonyl (C=O) groups is 1. The highest BCUT2D eigenvalue weighted by Crippen LogP contribution is 2.53. The van der Waals surface area contributed by atoms with E-state index >= 15 is 0 Å². The molecule has 218 valence electrons. The molecule has 2 aliphatic rings. The molecule has 4 heterocycles. The van der Waals surface area contributed by atoms with Crippen LogP contribution < -0.4 is 5.32 Å². The predicted octanol–water partition coefficient (Wildman–Crippen LogP) is 6.28. The molecule has 44 heavy (non-hydrogen) atoms. The number of imidazole rings is 1. The highest BCUT2D eigenvalue weighted by molar-refractivity contribution is 5.94. The van der Waals surface area contributed by atoms with Gasteiger partial charge in [0.1, 0.15) is 0 Å². The topological polar surface area (TPSA) is 75.4 Å². The second-order valence-corrected chi connectivity index (χ2v) is 12.3. The Balaban J connectivity index is 0.953. The Morgan fingerprint density at radius 3 is 2.57 bits per heavy atom. The molecule has 6 aromatic rings. The molecule has 2 fully saturated rings. The van der Waals surface area contributed by atoms with Crippen LogP contribution in [-0.2, 0) is 12.0 Å². The van der Waals surface area contributed by atoms with E-state index in [-0.39, 0.29) is 11.3 Å². The predicted molar refractivity (Wildman–Crippen MR) is 172 cm³/mol. The lowest BCUT2D eigenvalue weighted by molar-refractivity contribution is 0.0947. The molecule has 1 unspecified atom stereocenters. The standard InChI is InChI=1S/C37H34N6O/c44-35(39-20-27-14-18-42(24-27)23-26-5-2-1-3-6-26)29-10-8-28(9-11-29)31-21-40-36-41-22-34(43(36)25-31)37(15-16-37)32-12-13-33-30(19-32)7-4-17-38-33/h1-13,17,19,21-22,25,27H,14-16,18,20,23-24H2,(H,39,44). The number of pyridine rings is 1. The number of nitrogens with zero attached hydrogens (tertiary/aromatic N) is 5. The summed E-state index contributed by atoms with van der Waals surface area (Å²) >= 11 is 0. The number of likely N-dealkylation sites (tertiary alicyclic amines) is 1. The van der Waals surface area contributed by atoms with Gasteiger partial charge in [0.25, 0.3) is 5.91 Å². The zero-order chi connectivity index (χ0) is 29.5. The van der Waals surface area contributed by atoms with Gasteiger partial charge < -0.3 is 5.32 Å². The van der Waals surface area contributed by atoms with Crippen LogP contribution in [0.3, 0.4) is 0 Å². The average molecular weight is 579 g/mol. The van der Waals surface area contributed by atoms with Crippen LogP contribution in [0.1, 0.15) is 46.4 Å². The Labute approximate surface area is 256 Å². The van der Waals surface area contributed by atoms with Crippen molar-refractivity contribution in [3.8, 4) is 11.1 Å². The van der Waals surface area contributed by atoms with Gasteiger partial charge in [-0.3, -0.25) is 19.1 Å². The summed E-state index contributed by atoms with van der Waals surface area (Å²) in [5.74, 6) is 1.15. The first kappa shape index (κ1) is 26.7. The van der Waals surface area contributed by atoms with Gasteiger partial charge in [0.2, 0.25) is 5.78 Å². The third kappa shape index (κ3) is 5.03. The molecular weight excluding hydrogens is 544 g/mol. The van der Waals surface area contributed by atoms with Crippen molar-refractivity contribution in [2.45, 2.75) is 31.2 Å². The van der Waals surface area contributed by atoms with Crippen molar-refractivity contribution in [1.82, 2.24) is 29.6 Å². The smallest absolute Gasteiger partial charge is 0.251 e. The summed E-state index contributed by atoms with van der Waals surface area (Å²) in [5, 5.41) is 4.32. The quantitative estimate of drug-likeness (QED) is 0.230. The Morgan fingerprint density at radius 2 is 1.73 bits per heavy atom. The molecular formula is C37H34N6O. The van der Waals surface area contributed by atoms with Crippen LogP contribution in [0, 0.1) is 5.92 Å². The van der Waals surface area contributed by atoms with E-state index in [2.05, 4.69) is 90.4 Å². The number of hydrogen-bond donors (Lipinski definition) is 1. The molecule has 1 saturated carbocycles. The Kier molecular flexibility index (Phi) is 6.68. The third-order valence-corrected chi connectivity index (χ3v) is 9.41. The molecule has 3 aromatic carbocycles. The lowest BCUT2D eigenvalue weighted by Gasteiger charge is -2.17. The van der Waals surface area contributed by atoms with Gasteiger partial charge in [-0.25, -0.2) is 9.97 Å². The van der Waals surface area contributed by atoms with Crippen molar-refractivity contribution in [3.05, 3.63) is 132 Å². The van der Waals surface area contributed by atoms with Crippen LogP contribution in [-0.4, -0.2) is 49.8 Å². The minimum Gasteiger partial charge on any atom is -0.352 e. The van der Waals surface area contributed by atoms with Gasteiger partial charge in [0.15, 0.2) is 0 Å². The number of aromatic nitrogens is 4. The zero-order valence-corrected chi connectivity index (χ0v) is 24.6. The van der Waals surface area contributed by atoms with Gasteiger partial charge in [-0.2, -0.15) is 0 Å². The van der Waals surface area contributed by atoms with Gasteiger partial charge in [-0.15, -0.1) is 0 Å². The van der Waals surface area contributed by atoms with Crippen LogP contribution in [0.2, 0.25) is 0 Å². The second kappa shape index (κ2) is 11.0. The van der Waals surface area contributed by atoms with Crippen LogP contribution >= 0.6 is 0 Å². The van der Waals surface area contributed by atoms with E-state index in [4.69, 9.17) is 0 Å². The van der Waals surface area contributed by atoms with E-state index in [1.54, 1.807) is 0 Å². The molecule has 3 aromatic heterocycles. The number of carbonyl (C=O) groups excluding carboxylic acids is 1. The molecule has 0 bridgehead atoms. The molecule has 1 saturated heterocycles. The largest absolute Gasteiger partial charge is 0.352 e. The first-order valence-corrected chi connectivity index (χ1v) is 15.5. The zero-order valence-electron chi connectivity index (χ0n) is 24.6. The fourth-order valence-electron chi connectivity index (χ4n) is 6.79. The first-order chi connectivity index (χ1) is 21.6. The molecule has 1 aliphatic heterocycles. The van der Waals surface area contributed by atoms with Crippen molar-refractivity contribution in [1.29, 1.82) is 0 Å². The summed E-state index contributed by atoms with van der Waals surface area (Å²) in [6, 6.07) is 29.1. The second-order valence-electron chi connectivity index (χ2n) is 12.3. The van der Waals surface area contributed by atoms with Gasteiger partial charge in [-0.05, 0) is 78.7 Å². The van der Waals surface area contributed by atoms with Gasteiger partial charge in [-0.1, -0.05) is 54.6 Å². The Hall–Kier alpha value is -4.88. The van der Waals surface area contributed by atoms with Gasteiger partial charge in [0.05, 0.1) is 17.4 Å². The van der Waals surface area contributed by atoms with E-state index in [9.17, 15) is 4.79 Å². The van der Waals surface area contributed by atoms with Crippen molar-refractivity contribution in [2.75, 3.05) is 19.6 Å². The number of rotatable bonds is 8. The maximum Gasteiger partial charge on any atom is 0.251 e. The fourth-order valence-corrected chi connectivity index (χ4v) is 6.79. The molecule has 1 N–H and O–H groups in total. The van der Waals surface area contributed by atoms with E-state index in [0.29, 0.717) is 23.8 Å². The molecule has 1 amide bonds. The number of nitrogens with one attached hydrogen (secondary N) is 1. The number of hydrogen-bond acceptors (Lipinski definition) is 5.